The summed E-state index contributed by atoms with van der Waals surface area (Å²) >= 11 is 0. The quantitative estimate of drug-likeness (QED) is 0.163. The molecule has 0 spiro atoms. The minimum Gasteiger partial charge on any atom is -0.313 e. The lowest BCUT2D eigenvalue weighted by molar-refractivity contribution is 1.01. The van der Waals surface area contributed by atoms with Gasteiger partial charge in [0.25, 0.3) is 0 Å². The fourth-order valence-corrected chi connectivity index (χ4v) is 8.07. The second-order valence-electron chi connectivity index (χ2n) is 13.8. The molecule has 9 aromatic rings. The Morgan fingerprint density at radius 2 is 0.774 bits per heavy atom. The standard InChI is InChI=1S/C51H36N2/c1-3-11-36(12-4-1)38-19-27-43(28-20-38)52(44-29-21-39(22-30-44)37-13-5-2-6-14-37)45-31-23-40(24-32-45)41-25-33-46(34-26-41)53-49-18-10-9-17-48(49)51-47-16-8-7-15-42(47)35-50(51)53/h1-34H,35H2. The SMILES string of the molecule is c1ccc(-c2ccc(N(c3ccc(-c4ccccc4)cc3)c3ccc(-c4ccc(-n5c6c(c7ccccc75)-c5ccccc5C6)cc4)cc3)cc2)cc1. The molecular formula is C51H36N2. The lowest BCUT2D eigenvalue weighted by Crippen LogP contribution is -2.09. The van der Waals surface area contributed by atoms with Crippen molar-refractivity contribution in [1.29, 1.82) is 0 Å². The number of benzene rings is 8. The summed E-state index contributed by atoms with van der Waals surface area (Å²) in [6, 6.07) is 74.6. The highest BCUT2D eigenvalue weighted by Gasteiger charge is 2.26. The van der Waals surface area contributed by atoms with Gasteiger partial charge in [-0.2, -0.15) is 0 Å². The molecule has 1 aliphatic rings. The van der Waals surface area contributed by atoms with Crippen LogP contribution in [0.15, 0.2) is 206 Å². The van der Waals surface area contributed by atoms with Crippen LogP contribution in [-0.2, 0) is 6.42 Å². The maximum Gasteiger partial charge on any atom is 0.0538 e. The van der Waals surface area contributed by atoms with Crippen LogP contribution in [0.3, 0.4) is 0 Å². The van der Waals surface area contributed by atoms with Crippen LogP contribution in [0.2, 0.25) is 0 Å². The van der Waals surface area contributed by atoms with Gasteiger partial charge >= 0.3 is 0 Å². The highest BCUT2D eigenvalue weighted by Crippen LogP contribution is 2.45. The zero-order valence-corrected chi connectivity index (χ0v) is 29.2. The number of aromatic nitrogens is 1. The van der Waals surface area contributed by atoms with Crippen molar-refractivity contribution in [2.45, 2.75) is 6.42 Å². The first-order valence-corrected chi connectivity index (χ1v) is 18.3. The van der Waals surface area contributed by atoms with Gasteiger partial charge in [-0.1, -0.05) is 152 Å². The van der Waals surface area contributed by atoms with Gasteiger partial charge in [-0.15, -0.1) is 0 Å². The average molecular weight is 677 g/mol. The van der Waals surface area contributed by atoms with E-state index in [4.69, 9.17) is 0 Å². The van der Waals surface area contributed by atoms with E-state index in [9.17, 15) is 0 Å². The van der Waals surface area contributed by atoms with Crippen LogP contribution >= 0.6 is 0 Å². The van der Waals surface area contributed by atoms with Crippen LogP contribution in [0.5, 0.6) is 0 Å². The molecule has 0 aliphatic heterocycles. The summed E-state index contributed by atoms with van der Waals surface area (Å²) in [5, 5.41) is 1.32. The molecule has 250 valence electrons. The topological polar surface area (TPSA) is 8.17 Å². The Labute approximate surface area is 310 Å². The van der Waals surface area contributed by atoms with Crippen molar-refractivity contribution in [3.8, 4) is 50.2 Å². The summed E-state index contributed by atoms with van der Waals surface area (Å²) in [6.45, 7) is 0. The fourth-order valence-electron chi connectivity index (χ4n) is 8.07. The Kier molecular flexibility index (Phi) is 7.58. The molecule has 0 amide bonds. The van der Waals surface area contributed by atoms with E-state index in [2.05, 4.69) is 216 Å². The summed E-state index contributed by atoms with van der Waals surface area (Å²) in [4.78, 5) is 2.34. The summed E-state index contributed by atoms with van der Waals surface area (Å²) < 4.78 is 2.46. The number of hydrogen-bond donors (Lipinski definition) is 0. The summed E-state index contributed by atoms with van der Waals surface area (Å²) in [5.41, 5.74) is 18.5. The van der Waals surface area contributed by atoms with Crippen LogP contribution < -0.4 is 4.90 Å². The van der Waals surface area contributed by atoms with E-state index in [0.717, 1.165) is 23.5 Å². The third-order valence-corrected chi connectivity index (χ3v) is 10.7. The largest absolute Gasteiger partial charge is 0.313 e. The molecule has 1 aromatic heterocycles. The van der Waals surface area contributed by atoms with E-state index in [1.807, 2.05) is 0 Å². The zero-order valence-electron chi connectivity index (χ0n) is 29.2. The van der Waals surface area contributed by atoms with Crippen molar-refractivity contribution in [2.75, 3.05) is 4.90 Å². The highest BCUT2D eigenvalue weighted by atomic mass is 15.1. The number of para-hydroxylation sites is 1. The van der Waals surface area contributed by atoms with Gasteiger partial charge in [-0.05, 0) is 99.1 Å². The number of fused-ring (bicyclic) bond motifs is 5. The van der Waals surface area contributed by atoms with Gasteiger partial charge in [0.05, 0.1) is 5.52 Å². The van der Waals surface area contributed by atoms with Crippen LogP contribution in [0.4, 0.5) is 17.1 Å². The summed E-state index contributed by atoms with van der Waals surface area (Å²) in [5.74, 6) is 0. The average Bonchev–Trinajstić information content (AvgIpc) is 3.77. The van der Waals surface area contributed by atoms with E-state index in [-0.39, 0.29) is 0 Å². The molecule has 53 heavy (non-hydrogen) atoms. The van der Waals surface area contributed by atoms with Gasteiger partial charge in [0, 0.05) is 45.8 Å². The van der Waals surface area contributed by atoms with E-state index in [1.165, 1.54) is 72.4 Å². The minimum absolute atomic E-state index is 0.948. The van der Waals surface area contributed by atoms with E-state index < -0.39 is 0 Å². The number of nitrogens with zero attached hydrogens (tertiary/aromatic N) is 2. The Hall–Kier alpha value is -6.90. The van der Waals surface area contributed by atoms with Crippen LogP contribution in [-0.4, -0.2) is 4.57 Å². The van der Waals surface area contributed by atoms with E-state index in [0.29, 0.717) is 0 Å². The summed E-state index contributed by atoms with van der Waals surface area (Å²) in [6.07, 6.45) is 0.948. The molecule has 0 saturated carbocycles. The van der Waals surface area contributed by atoms with Crippen molar-refractivity contribution in [1.82, 2.24) is 4.57 Å². The number of rotatable bonds is 7. The minimum atomic E-state index is 0.948. The Morgan fingerprint density at radius 3 is 1.30 bits per heavy atom. The lowest BCUT2D eigenvalue weighted by Gasteiger charge is -2.26. The van der Waals surface area contributed by atoms with Crippen molar-refractivity contribution in [3.63, 3.8) is 0 Å². The van der Waals surface area contributed by atoms with Gasteiger partial charge in [-0.25, -0.2) is 0 Å². The molecule has 1 aliphatic carbocycles. The van der Waals surface area contributed by atoms with Crippen LogP contribution in [0.1, 0.15) is 11.3 Å². The lowest BCUT2D eigenvalue weighted by atomic mass is 10.0. The molecule has 10 rings (SSSR count). The predicted octanol–water partition coefficient (Wildman–Crippen LogP) is 13.7. The van der Waals surface area contributed by atoms with Gasteiger partial charge < -0.3 is 9.47 Å². The molecule has 0 radical (unpaired) electrons. The summed E-state index contributed by atoms with van der Waals surface area (Å²) in [7, 11) is 0. The first kappa shape index (κ1) is 30.9. The van der Waals surface area contributed by atoms with E-state index >= 15 is 0 Å². The third kappa shape index (κ3) is 5.53. The predicted molar refractivity (Wildman–Crippen MR) is 223 cm³/mol. The van der Waals surface area contributed by atoms with Crippen molar-refractivity contribution in [3.05, 3.63) is 218 Å². The molecule has 0 N–H and O–H groups in total. The molecule has 2 heteroatoms. The van der Waals surface area contributed by atoms with Gasteiger partial charge in [0.1, 0.15) is 0 Å². The number of anilines is 3. The number of hydrogen-bond acceptors (Lipinski definition) is 1. The van der Waals surface area contributed by atoms with Gasteiger partial charge in [-0.3, -0.25) is 0 Å². The van der Waals surface area contributed by atoms with Crippen molar-refractivity contribution < 1.29 is 0 Å². The second-order valence-corrected chi connectivity index (χ2v) is 13.8. The van der Waals surface area contributed by atoms with Crippen LogP contribution in [0, 0.1) is 0 Å². The molecule has 0 saturated heterocycles. The maximum atomic E-state index is 2.46. The Balaban J connectivity index is 0.983. The maximum absolute atomic E-state index is 2.46. The van der Waals surface area contributed by atoms with Gasteiger partial charge in [0.2, 0.25) is 0 Å². The van der Waals surface area contributed by atoms with Crippen molar-refractivity contribution >= 4 is 28.0 Å². The Bertz CT molecular complexity index is 2610. The molecule has 2 nitrogen and oxygen atoms in total. The van der Waals surface area contributed by atoms with Crippen molar-refractivity contribution in [2.24, 2.45) is 0 Å². The smallest absolute Gasteiger partial charge is 0.0538 e. The molecule has 0 bridgehead atoms. The molecule has 0 atom stereocenters. The second kappa shape index (κ2) is 13.0. The zero-order chi connectivity index (χ0) is 35.1. The highest BCUT2D eigenvalue weighted by molar-refractivity contribution is 6.02. The fraction of sp³-hybridized carbons (Fsp3) is 0.0196. The van der Waals surface area contributed by atoms with E-state index in [1.54, 1.807) is 0 Å². The van der Waals surface area contributed by atoms with Gasteiger partial charge in [0.15, 0.2) is 0 Å². The molecule has 0 unspecified atom stereocenters. The molecular weight excluding hydrogens is 641 g/mol. The monoisotopic (exact) mass is 676 g/mol. The first-order chi connectivity index (χ1) is 26.3. The molecule has 0 fully saturated rings. The molecule has 1 heterocycles. The molecule has 8 aromatic carbocycles. The third-order valence-electron chi connectivity index (χ3n) is 10.7. The van der Waals surface area contributed by atoms with Crippen LogP contribution in [0.25, 0.3) is 61.1 Å². The first-order valence-electron chi connectivity index (χ1n) is 18.3. The normalized spacial score (nSPS) is 11.7. The Morgan fingerprint density at radius 1 is 0.358 bits per heavy atom.